The lowest BCUT2D eigenvalue weighted by atomic mass is 10.1. The van der Waals surface area contributed by atoms with E-state index >= 15 is 0 Å². The van der Waals surface area contributed by atoms with E-state index in [1.54, 1.807) is 24.3 Å². The lowest BCUT2D eigenvalue weighted by molar-refractivity contribution is -0.121. The first-order valence-electron chi connectivity index (χ1n) is 11.8. The van der Waals surface area contributed by atoms with Gasteiger partial charge in [0.15, 0.2) is 5.17 Å². The molecule has 4 rings (SSSR count). The lowest BCUT2D eigenvalue weighted by Crippen LogP contribution is -2.35. The number of nitrogens with zero attached hydrogens (tertiary/aromatic N) is 3. The SMILES string of the molecule is CN(C)C[C@@H](NC(=O)c1ccc(NC(=O)C[C@@H]2SC(N3CCCC3)=NC2=O)cc1)c1ccccc1. The monoisotopic (exact) mass is 493 g/mol. The highest BCUT2D eigenvalue weighted by Gasteiger charge is 2.33. The zero-order valence-electron chi connectivity index (χ0n) is 20.1. The number of carbonyl (C=O) groups excluding carboxylic acids is 3. The van der Waals surface area contributed by atoms with Gasteiger partial charge in [0.25, 0.3) is 11.8 Å². The van der Waals surface area contributed by atoms with Gasteiger partial charge in [0.2, 0.25) is 5.91 Å². The second kappa shape index (κ2) is 11.5. The van der Waals surface area contributed by atoms with Gasteiger partial charge in [-0.05, 0) is 56.8 Å². The fourth-order valence-electron chi connectivity index (χ4n) is 4.16. The molecule has 184 valence electrons. The van der Waals surface area contributed by atoms with E-state index in [2.05, 4.69) is 20.5 Å². The Labute approximate surface area is 210 Å². The molecular weight excluding hydrogens is 462 g/mol. The summed E-state index contributed by atoms with van der Waals surface area (Å²) in [5.74, 6) is -0.677. The molecule has 0 unspecified atom stereocenters. The van der Waals surface area contributed by atoms with Gasteiger partial charge in [-0.15, -0.1) is 0 Å². The summed E-state index contributed by atoms with van der Waals surface area (Å²) in [5.41, 5.74) is 2.12. The van der Waals surface area contributed by atoms with Crippen LogP contribution >= 0.6 is 11.8 Å². The number of aliphatic imine (C=N–C) groups is 1. The average Bonchev–Trinajstić information content (AvgIpc) is 3.50. The van der Waals surface area contributed by atoms with E-state index in [9.17, 15) is 14.4 Å². The summed E-state index contributed by atoms with van der Waals surface area (Å²) >= 11 is 1.38. The van der Waals surface area contributed by atoms with Crippen LogP contribution in [0.1, 0.15) is 41.2 Å². The van der Waals surface area contributed by atoms with E-state index in [1.807, 2.05) is 49.3 Å². The molecule has 2 atom stereocenters. The molecule has 0 spiro atoms. The molecule has 2 aliphatic rings. The number of nitrogens with one attached hydrogen (secondary N) is 2. The molecule has 0 saturated carbocycles. The third kappa shape index (κ3) is 6.70. The Morgan fingerprint density at radius 2 is 1.77 bits per heavy atom. The molecule has 35 heavy (non-hydrogen) atoms. The molecule has 3 amide bonds. The minimum absolute atomic E-state index is 0.0653. The van der Waals surface area contributed by atoms with Gasteiger partial charge < -0.3 is 20.4 Å². The van der Waals surface area contributed by atoms with E-state index < -0.39 is 5.25 Å². The predicted octanol–water partition coefficient (Wildman–Crippen LogP) is 3.14. The van der Waals surface area contributed by atoms with Crippen LogP contribution in [-0.4, -0.2) is 71.7 Å². The van der Waals surface area contributed by atoms with Crippen molar-refractivity contribution >= 4 is 40.3 Å². The number of anilines is 1. The summed E-state index contributed by atoms with van der Waals surface area (Å²) in [4.78, 5) is 46.0. The van der Waals surface area contributed by atoms with Crippen molar-refractivity contribution in [2.24, 2.45) is 4.99 Å². The first kappa shape index (κ1) is 24.9. The van der Waals surface area contributed by atoms with E-state index in [-0.39, 0.29) is 30.2 Å². The highest BCUT2D eigenvalue weighted by molar-refractivity contribution is 8.15. The van der Waals surface area contributed by atoms with Crippen molar-refractivity contribution in [2.45, 2.75) is 30.6 Å². The van der Waals surface area contributed by atoms with Crippen LogP contribution < -0.4 is 10.6 Å². The van der Waals surface area contributed by atoms with Crippen LogP contribution in [0, 0.1) is 0 Å². The Morgan fingerprint density at radius 3 is 2.43 bits per heavy atom. The van der Waals surface area contributed by atoms with Gasteiger partial charge >= 0.3 is 0 Å². The van der Waals surface area contributed by atoms with Gasteiger partial charge in [-0.1, -0.05) is 42.1 Å². The minimum atomic E-state index is -0.484. The van der Waals surface area contributed by atoms with E-state index in [1.165, 1.54) is 11.8 Å². The summed E-state index contributed by atoms with van der Waals surface area (Å²) in [7, 11) is 3.94. The minimum Gasteiger partial charge on any atom is -0.351 e. The number of likely N-dealkylation sites (N-methyl/N-ethyl adjacent to an activating group) is 1. The zero-order valence-corrected chi connectivity index (χ0v) is 20.9. The topological polar surface area (TPSA) is 94.1 Å². The van der Waals surface area contributed by atoms with Gasteiger partial charge in [0, 0.05) is 37.3 Å². The number of hydrogen-bond donors (Lipinski definition) is 2. The van der Waals surface area contributed by atoms with Crippen LogP contribution in [0.3, 0.4) is 0 Å². The Kier molecular flexibility index (Phi) is 8.20. The molecule has 0 bridgehead atoms. The molecular formula is C26H31N5O3S. The van der Waals surface area contributed by atoms with E-state index in [0.29, 0.717) is 17.8 Å². The van der Waals surface area contributed by atoms with Crippen molar-refractivity contribution in [3.8, 4) is 0 Å². The van der Waals surface area contributed by atoms with Crippen molar-refractivity contribution < 1.29 is 14.4 Å². The molecule has 0 radical (unpaired) electrons. The summed E-state index contributed by atoms with van der Waals surface area (Å²) in [5, 5.41) is 6.18. The second-order valence-electron chi connectivity index (χ2n) is 9.06. The molecule has 2 aromatic carbocycles. The predicted molar refractivity (Wildman–Crippen MR) is 140 cm³/mol. The molecule has 2 aromatic rings. The smallest absolute Gasteiger partial charge is 0.262 e. The molecule has 1 fully saturated rings. The third-order valence-corrected chi connectivity index (χ3v) is 7.18. The highest BCUT2D eigenvalue weighted by atomic mass is 32.2. The number of benzene rings is 2. The Hall–Kier alpha value is -3.17. The van der Waals surface area contributed by atoms with Gasteiger partial charge in [-0.3, -0.25) is 14.4 Å². The van der Waals surface area contributed by atoms with Crippen molar-refractivity contribution in [1.29, 1.82) is 0 Å². The van der Waals surface area contributed by atoms with Gasteiger partial charge in [-0.2, -0.15) is 4.99 Å². The lowest BCUT2D eigenvalue weighted by Gasteiger charge is -2.23. The first-order valence-corrected chi connectivity index (χ1v) is 12.7. The molecule has 2 N–H and O–H groups in total. The fourth-order valence-corrected chi connectivity index (χ4v) is 5.28. The number of thioether (sulfide) groups is 1. The first-order chi connectivity index (χ1) is 16.9. The third-order valence-electron chi connectivity index (χ3n) is 5.96. The molecule has 0 aromatic heterocycles. The van der Waals surface area contributed by atoms with Crippen molar-refractivity contribution in [3.05, 3.63) is 65.7 Å². The summed E-state index contributed by atoms with van der Waals surface area (Å²) in [6, 6.07) is 16.5. The van der Waals surface area contributed by atoms with Crippen LogP contribution in [0.4, 0.5) is 5.69 Å². The molecule has 0 aliphatic carbocycles. The normalized spacial score (nSPS) is 18.5. The Bertz CT molecular complexity index is 1080. The van der Waals surface area contributed by atoms with Crippen molar-refractivity contribution in [3.63, 3.8) is 0 Å². The molecule has 2 aliphatic heterocycles. The number of amidine groups is 1. The second-order valence-corrected chi connectivity index (χ2v) is 10.2. The number of amides is 3. The summed E-state index contributed by atoms with van der Waals surface area (Å²) < 4.78 is 0. The summed E-state index contributed by atoms with van der Waals surface area (Å²) in [6.45, 7) is 2.50. The fraction of sp³-hybridized carbons (Fsp3) is 0.385. The maximum Gasteiger partial charge on any atom is 0.262 e. The van der Waals surface area contributed by atoms with Crippen LogP contribution in [0.5, 0.6) is 0 Å². The number of rotatable bonds is 8. The van der Waals surface area contributed by atoms with Crippen molar-refractivity contribution in [2.75, 3.05) is 39.0 Å². The van der Waals surface area contributed by atoms with Gasteiger partial charge in [0.05, 0.1) is 6.04 Å². The van der Waals surface area contributed by atoms with E-state index in [4.69, 9.17) is 0 Å². The van der Waals surface area contributed by atoms with Crippen molar-refractivity contribution in [1.82, 2.24) is 15.1 Å². The van der Waals surface area contributed by atoms with E-state index in [0.717, 1.165) is 36.7 Å². The zero-order chi connectivity index (χ0) is 24.8. The van der Waals surface area contributed by atoms with Gasteiger partial charge in [0.1, 0.15) is 5.25 Å². The summed E-state index contributed by atoms with van der Waals surface area (Å²) in [6.07, 6.45) is 2.28. The average molecular weight is 494 g/mol. The standard InChI is InChI=1S/C26H31N5O3S/c1-30(2)17-21(18-8-4-3-5-9-18)28-24(33)19-10-12-20(13-11-19)27-23(32)16-22-25(34)29-26(35-22)31-14-6-7-15-31/h3-5,8-13,21-22H,6-7,14-17H2,1-2H3,(H,27,32)(H,28,33)/t21-,22+/m1/s1. The highest BCUT2D eigenvalue weighted by Crippen LogP contribution is 2.29. The molecule has 9 heteroatoms. The van der Waals surface area contributed by atoms with Crippen LogP contribution in [0.15, 0.2) is 59.6 Å². The van der Waals surface area contributed by atoms with Crippen LogP contribution in [0.25, 0.3) is 0 Å². The Morgan fingerprint density at radius 1 is 1.09 bits per heavy atom. The van der Waals surface area contributed by atoms with Crippen LogP contribution in [0.2, 0.25) is 0 Å². The quantitative estimate of drug-likeness (QED) is 0.587. The number of likely N-dealkylation sites (tertiary alicyclic amines) is 1. The molecule has 8 nitrogen and oxygen atoms in total. The maximum atomic E-state index is 12.9. The maximum absolute atomic E-state index is 12.9. The van der Waals surface area contributed by atoms with Crippen LogP contribution in [-0.2, 0) is 9.59 Å². The molecule has 1 saturated heterocycles. The van der Waals surface area contributed by atoms with Gasteiger partial charge in [-0.25, -0.2) is 0 Å². The largest absolute Gasteiger partial charge is 0.351 e. The number of hydrogen-bond acceptors (Lipinski definition) is 6. The molecule has 2 heterocycles. The Balaban J connectivity index is 1.30. The number of carbonyl (C=O) groups is 3.